The van der Waals surface area contributed by atoms with E-state index < -0.39 is 0 Å². The van der Waals surface area contributed by atoms with Crippen molar-refractivity contribution in [1.29, 1.82) is 0 Å². The third kappa shape index (κ3) is 5.55. The van der Waals surface area contributed by atoms with Crippen molar-refractivity contribution in [3.05, 3.63) is 50.6 Å². The van der Waals surface area contributed by atoms with Crippen molar-refractivity contribution >= 4 is 23.8 Å². The Bertz CT molecular complexity index is 905. The number of aromatic nitrogens is 2. The van der Waals surface area contributed by atoms with Gasteiger partial charge < -0.3 is 14.5 Å². The van der Waals surface area contributed by atoms with Crippen molar-refractivity contribution in [2.24, 2.45) is 5.10 Å². The summed E-state index contributed by atoms with van der Waals surface area (Å²) in [6.45, 7) is 1.80. The van der Waals surface area contributed by atoms with Gasteiger partial charge in [-0.15, -0.1) is 0 Å². The van der Waals surface area contributed by atoms with Gasteiger partial charge in [-0.1, -0.05) is 6.07 Å². The summed E-state index contributed by atoms with van der Waals surface area (Å²) in [6.07, 6.45) is 0.509. The standard InChI is InChI=1S/C17H20N4O4S/c1-10(6-11-4-5-13(24-2)14(7-11)25-3)20-21-16(23)9-12-8-15(22)19-17(26)18-12/h4-5,7-8H,6,9H2,1-3H3,(H,21,23)(H2,18,19,22,26)/b20-10-. The summed E-state index contributed by atoms with van der Waals surface area (Å²) in [5, 5.41) is 4.08. The number of nitrogens with one attached hydrogen (secondary N) is 3. The van der Waals surface area contributed by atoms with Crippen LogP contribution in [0.3, 0.4) is 0 Å². The summed E-state index contributed by atoms with van der Waals surface area (Å²) in [5.41, 5.74) is 4.21. The molecule has 2 rings (SSSR count). The fourth-order valence-electron chi connectivity index (χ4n) is 2.31. The first-order chi connectivity index (χ1) is 12.4. The van der Waals surface area contributed by atoms with Gasteiger partial charge in [0, 0.05) is 23.9 Å². The van der Waals surface area contributed by atoms with Crippen molar-refractivity contribution in [2.75, 3.05) is 14.2 Å². The predicted octanol–water partition coefficient (Wildman–Crippen LogP) is 1.73. The minimum absolute atomic E-state index is 0.0271. The number of amides is 1. The summed E-state index contributed by atoms with van der Waals surface area (Å²) in [5.74, 6) is 0.925. The van der Waals surface area contributed by atoms with Crippen LogP contribution in [0.25, 0.3) is 0 Å². The van der Waals surface area contributed by atoms with Crippen LogP contribution >= 0.6 is 12.2 Å². The number of ether oxygens (including phenoxy) is 2. The lowest BCUT2D eigenvalue weighted by molar-refractivity contribution is -0.120. The number of aromatic amines is 2. The highest BCUT2D eigenvalue weighted by Crippen LogP contribution is 2.27. The van der Waals surface area contributed by atoms with E-state index in [0.717, 1.165) is 5.56 Å². The van der Waals surface area contributed by atoms with Crippen LogP contribution in [0.4, 0.5) is 0 Å². The summed E-state index contributed by atoms with van der Waals surface area (Å²) in [4.78, 5) is 28.5. The maximum atomic E-state index is 12.0. The molecule has 0 fully saturated rings. The number of hydrazone groups is 1. The zero-order chi connectivity index (χ0) is 19.1. The van der Waals surface area contributed by atoms with Gasteiger partial charge in [0.2, 0.25) is 5.91 Å². The number of carbonyl (C=O) groups excluding carboxylic acids is 1. The van der Waals surface area contributed by atoms with Crippen LogP contribution in [0.5, 0.6) is 11.5 Å². The van der Waals surface area contributed by atoms with Gasteiger partial charge in [-0.05, 0) is 36.8 Å². The fraction of sp³-hybridized carbons (Fsp3) is 0.294. The Labute approximate surface area is 155 Å². The molecule has 1 amide bonds. The lowest BCUT2D eigenvalue weighted by Crippen LogP contribution is -2.23. The molecule has 138 valence electrons. The molecule has 26 heavy (non-hydrogen) atoms. The van der Waals surface area contributed by atoms with E-state index in [-0.39, 0.29) is 22.7 Å². The van der Waals surface area contributed by atoms with Gasteiger partial charge in [-0.25, -0.2) is 5.43 Å². The van der Waals surface area contributed by atoms with Crippen molar-refractivity contribution in [3.63, 3.8) is 0 Å². The smallest absolute Gasteiger partial charge is 0.251 e. The molecule has 0 radical (unpaired) electrons. The Balaban J connectivity index is 1.98. The topological polar surface area (TPSA) is 109 Å². The number of hydrogen-bond acceptors (Lipinski definition) is 6. The Morgan fingerprint density at radius 1 is 1.15 bits per heavy atom. The van der Waals surface area contributed by atoms with Gasteiger partial charge in [0.25, 0.3) is 5.56 Å². The maximum Gasteiger partial charge on any atom is 0.251 e. The third-order valence-electron chi connectivity index (χ3n) is 3.45. The fourth-order valence-corrected chi connectivity index (χ4v) is 2.54. The molecular weight excluding hydrogens is 356 g/mol. The summed E-state index contributed by atoms with van der Waals surface area (Å²) in [6, 6.07) is 6.86. The van der Waals surface area contributed by atoms with E-state index in [0.29, 0.717) is 29.3 Å². The summed E-state index contributed by atoms with van der Waals surface area (Å²) < 4.78 is 10.6. The lowest BCUT2D eigenvalue weighted by atomic mass is 10.1. The number of benzene rings is 1. The molecule has 0 aliphatic carbocycles. The summed E-state index contributed by atoms with van der Waals surface area (Å²) >= 11 is 4.87. The molecule has 1 aromatic carbocycles. The van der Waals surface area contributed by atoms with Crippen LogP contribution < -0.4 is 20.5 Å². The van der Waals surface area contributed by atoms with Crippen molar-refractivity contribution in [3.8, 4) is 11.5 Å². The minimum Gasteiger partial charge on any atom is -0.493 e. The lowest BCUT2D eigenvalue weighted by Gasteiger charge is -2.09. The number of nitrogens with zero attached hydrogens (tertiary/aromatic N) is 1. The molecule has 9 heteroatoms. The second-order valence-electron chi connectivity index (χ2n) is 5.54. The highest BCUT2D eigenvalue weighted by molar-refractivity contribution is 7.71. The normalized spacial score (nSPS) is 11.1. The minimum atomic E-state index is -0.357. The molecule has 3 N–H and O–H groups in total. The van der Waals surface area contributed by atoms with Crippen LogP contribution in [0.1, 0.15) is 18.2 Å². The highest BCUT2D eigenvalue weighted by Gasteiger charge is 2.07. The van der Waals surface area contributed by atoms with E-state index in [9.17, 15) is 9.59 Å². The molecule has 1 heterocycles. The predicted molar refractivity (Wildman–Crippen MR) is 100 cm³/mol. The van der Waals surface area contributed by atoms with Crippen LogP contribution in [0.15, 0.2) is 34.2 Å². The van der Waals surface area contributed by atoms with Gasteiger partial charge in [-0.3, -0.25) is 14.6 Å². The largest absolute Gasteiger partial charge is 0.493 e. The molecule has 0 saturated carbocycles. The first-order valence-electron chi connectivity index (χ1n) is 7.76. The second kappa shape index (κ2) is 8.95. The highest BCUT2D eigenvalue weighted by atomic mass is 32.1. The molecule has 1 aromatic heterocycles. The average Bonchev–Trinajstić information content (AvgIpc) is 2.59. The first kappa shape index (κ1) is 19.4. The van der Waals surface area contributed by atoms with E-state index in [1.165, 1.54) is 6.07 Å². The number of carbonyl (C=O) groups is 1. The SMILES string of the molecule is COc1ccc(C/C(C)=N\NC(=O)Cc2cc(=O)[nH]c(=S)[nH]2)cc1OC. The maximum absolute atomic E-state index is 12.0. The molecule has 0 spiro atoms. The molecule has 0 atom stereocenters. The molecule has 0 saturated heterocycles. The van der Waals surface area contributed by atoms with Gasteiger partial charge in [-0.2, -0.15) is 5.10 Å². The Morgan fingerprint density at radius 3 is 2.54 bits per heavy atom. The number of H-pyrrole nitrogens is 2. The Hall–Kier alpha value is -2.94. The quantitative estimate of drug-likeness (QED) is 0.387. The van der Waals surface area contributed by atoms with Crippen LogP contribution in [0.2, 0.25) is 0 Å². The third-order valence-corrected chi connectivity index (χ3v) is 3.65. The molecule has 0 aliphatic heterocycles. The number of hydrogen-bond donors (Lipinski definition) is 3. The van der Waals surface area contributed by atoms with Gasteiger partial charge >= 0.3 is 0 Å². The van der Waals surface area contributed by atoms with E-state index in [2.05, 4.69) is 20.5 Å². The molecule has 0 aliphatic rings. The molecule has 0 bridgehead atoms. The Morgan fingerprint density at radius 2 is 1.88 bits per heavy atom. The van der Waals surface area contributed by atoms with E-state index in [1.807, 2.05) is 18.2 Å². The first-order valence-corrected chi connectivity index (χ1v) is 8.17. The molecular formula is C17H20N4O4S. The van der Waals surface area contributed by atoms with E-state index >= 15 is 0 Å². The molecule has 2 aromatic rings. The number of rotatable bonds is 7. The average molecular weight is 376 g/mol. The summed E-state index contributed by atoms with van der Waals surface area (Å²) in [7, 11) is 3.15. The Kier molecular flexibility index (Phi) is 6.67. The zero-order valence-corrected chi connectivity index (χ0v) is 15.5. The molecule has 0 unspecified atom stereocenters. The molecule has 8 nitrogen and oxygen atoms in total. The van der Waals surface area contributed by atoms with Gasteiger partial charge in [0.15, 0.2) is 16.3 Å². The zero-order valence-electron chi connectivity index (χ0n) is 14.7. The van der Waals surface area contributed by atoms with E-state index in [1.54, 1.807) is 21.1 Å². The van der Waals surface area contributed by atoms with Crippen LogP contribution in [0, 0.1) is 4.77 Å². The monoisotopic (exact) mass is 376 g/mol. The second-order valence-corrected chi connectivity index (χ2v) is 5.95. The van der Waals surface area contributed by atoms with Crippen LogP contribution in [-0.2, 0) is 17.6 Å². The van der Waals surface area contributed by atoms with Crippen LogP contribution in [-0.4, -0.2) is 35.8 Å². The van der Waals surface area contributed by atoms with E-state index in [4.69, 9.17) is 21.7 Å². The van der Waals surface area contributed by atoms with Crippen molar-refractivity contribution in [1.82, 2.24) is 15.4 Å². The van der Waals surface area contributed by atoms with Gasteiger partial charge in [0.1, 0.15) is 0 Å². The number of methoxy groups -OCH3 is 2. The van der Waals surface area contributed by atoms with Crippen molar-refractivity contribution in [2.45, 2.75) is 19.8 Å². The van der Waals surface area contributed by atoms with Gasteiger partial charge in [0.05, 0.1) is 20.6 Å². The van der Waals surface area contributed by atoms with Crippen molar-refractivity contribution < 1.29 is 14.3 Å².